The summed E-state index contributed by atoms with van der Waals surface area (Å²) in [6.07, 6.45) is 2.78. The van der Waals surface area contributed by atoms with E-state index in [9.17, 15) is 4.79 Å². The van der Waals surface area contributed by atoms with E-state index in [4.69, 9.17) is 0 Å². The van der Waals surface area contributed by atoms with E-state index in [1.54, 1.807) is 11.3 Å². The van der Waals surface area contributed by atoms with Gasteiger partial charge < -0.3 is 16.0 Å². The summed E-state index contributed by atoms with van der Waals surface area (Å²) >= 11 is 1.65. The minimum Gasteiger partial charge on any atom is -0.357 e. The number of aromatic nitrogens is 1. The zero-order valence-electron chi connectivity index (χ0n) is 12.3. The molecule has 112 valence electrons. The average Bonchev–Trinajstić information content (AvgIpc) is 2.85. The molecule has 0 fully saturated rings. The summed E-state index contributed by atoms with van der Waals surface area (Å²) < 4.78 is 0. The Labute approximate surface area is 124 Å². The lowest BCUT2D eigenvalue weighted by atomic mass is 10.4. The second-order valence-corrected chi connectivity index (χ2v) is 5.58. The van der Waals surface area contributed by atoms with Crippen molar-refractivity contribution in [3.05, 3.63) is 16.1 Å². The Hall–Kier alpha value is -1.63. The molecule has 0 aliphatic heterocycles. The smallest absolute Gasteiger partial charge is 0.241 e. The minimum atomic E-state index is -0.0610. The van der Waals surface area contributed by atoms with Crippen LogP contribution in [0.3, 0.4) is 0 Å². The van der Waals surface area contributed by atoms with Crippen molar-refractivity contribution >= 4 is 23.2 Å². The van der Waals surface area contributed by atoms with Gasteiger partial charge in [0.2, 0.25) is 5.91 Å². The molecule has 0 saturated heterocycles. The summed E-state index contributed by atoms with van der Waals surface area (Å²) in [5.74, 6) is 0.571. The second-order valence-electron chi connectivity index (χ2n) is 4.26. The van der Waals surface area contributed by atoms with Crippen LogP contribution < -0.4 is 16.0 Å². The van der Waals surface area contributed by atoms with Gasteiger partial charge in [-0.2, -0.15) is 0 Å². The number of aliphatic imine (C=N–C) groups is 1. The summed E-state index contributed by atoms with van der Waals surface area (Å²) in [7, 11) is 0. The molecule has 1 heterocycles. The highest BCUT2D eigenvalue weighted by molar-refractivity contribution is 7.11. The Morgan fingerprint density at radius 1 is 1.35 bits per heavy atom. The van der Waals surface area contributed by atoms with Crippen molar-refractivity contribution in [1.29, 1.82) is 0 Å². The topological polar surface area (TPSA) is 78.4 Å². The highest BCUT2D eigenvalue weighted by atomic mass is 32.1. The van der Waals surface area contributed by atoms with Crippen LogP contribution in [0.25, 0.3) is 0 Å². The SMILES string of the molecule is CCCNC(=O)CN=C(NCC)NCc1ncc(C)s1. The molecule has 0 spiro atoms. The fraction of sp³-hybridized carbons (Fsp3) is 0.615. The van der Waals surface area contributed by atoms with Crippen molar-refractivity contribution in [2.45, 2.75) is 33.7 Å². The Kier molecular flexibility index (Phi) is 7.64. The summed E-state index contributed by atoms with van der Waals surface area (Å²) in [6.45, 7) is 8.22. The van der Waals surface area contributed by atoms with Gasteiger partial charge in [0.15, 0.2) is 5.96 Å². The number of guanidine groups is 1. The normalized spacial score (nSPS) is 11.2. The van der Waals surface area contributed by atoms with Gasteiger partial charge in [0.25, 0.3) is 0 Å². The van der Waals surface area contributed by atoms with Crippen LogP contribution in [0.15, 0.2) is 11.2 Å². The molecule has 1 rings (SSSR count). The Balaban J connectivity index is 2.44. The number of hydrogen-bond acceptors (Lipinski definition) is 4. The zero-order valence-corrected chi connectivity index (χ0v) is 13.1. The van der Waals surface area contributed by atoms with Crippen LogP contribution in [0.4, 0.5) is 0 Å². The minimum absolute atomic E-state index is 0.0610. The van der Waals surface area contributed by atoms with Crippen LogP contribution >= 0.6 is 11.3 Å². The molecule has 7 heteroatoms. The van der Waals surface area contributed by atoms with Gasteiger partial charge in [-0.3, -0.25) is 4.79 Å². The van der Waals surface area contributed by atoms with Crippen LogP contribution in [0.5, 0.6) is 0 Å². The Bertz CT molecular complexity index is 444. The number of carbonyl (C=O) groups excluding carboxylic acids is 1. The van der Waals surface area contributed by atoms with Gasteiger partial charge in [-0.15, -0.1) is 11.3 Å². The van der Waals surface area contributed by atoms with Crippen molar-refractivity contribution in [1.82, 2.24) is 20.9 Å². The maximum absolute atomic E-state index is 11.5. The van der Waals surface area contributed by atoms with Crippen molar-refractivity contribution in [2.75, 3.05) is 19.6 Å². The molecule has 0 unspecified atom stereocenters. The highest BCUT2D eigenvalue weighted by Gasteiger charge is 2.03. The lowest BCUT2D eigenvalue weighted by molar-refractivity contribution is -0.119. The number of aryl methyl sites for hydroxylation is 1. The van der Waals surface area contributed by atoms with Gasteiger partial charge in [0, 0.05) is 24.2 Å². The third kappa shape index (κ3) is 6.51. The van der Waals surface area contributed by atoms with Gasteiger partial charge in [0.1, 0.15) is 11.6 Å². The first-order valence-corrected chi connectivity index (χ1v) is 7.67. The van der Waals surface area contributed by atoms with E-state index in [1.165, 1.54) is 4.88 Å². The third-order valence-electron chi connectivity index (χ3n) is 2.37. The van der Waals surface area contributed by atoms with E-state index >= 15 is 0 Å². The van der Waals surface area contributed by atoms with E-state index in [1.807, 2.05) is 27.0 Å². The van der Waals surface area contributed by atoms with Crippen LogP contribution in [0.1, 0.15) is 30.2 Å². The number of amides is 1. The number of nitrogens with zero attached hydrogens (tertiary/aromatic N) is 2. The Morgan fingerprint density at radius 3 is 2.75 bits per heavy atom. The molecule has 1 aromatic rings. The second kappa shape index (κ2) is 9.30. The molecule has 0 saturated carbocycles. The molecule has 3 N–H and O–H groups in total. The Morgan fingerprint density at radius 2 is 2.15 bits per heavy atom. The molecular weight excluding hydrogens is 274 g/mol. The first kappa shape index (κ1) is 16.4. The molecule has 0 atom stereocenters. The fourth-order valence-corrected chi connectivity index (χ4v) is 2.18. The van der Waals surface area contributed by atoms with Crippen LogP contribution in [-0.4, -0.2) is 36.5 Å². The summed E-state index contributed by atoms with van der Waals surface area (Å²) in [4.78, 5) is 21.2. The maximum Gasteiger partial charge on any atom is 0.241 e. The van der Waals surface area contributed by atoms with Crippen molar-refractivity contribution in [3.63, 3.8) is 0 Å². The lowest BCUT2D eigenvalue weighted by Gasteiger charge is -2.10. The van der Waals surface area contributed by atoms with E-state index < -0.39 is 0 Å². The van der Waals surface area contributed by atoms with Gasteiger partial charge in [-0.1, -0.05) is 6.92 Å². The highest BCUT2D eigenvalue weighted by Crippen LogP contribution is 2.10. The number of rotatable bonds is 7. The predicted octanol–water partition coefficient (Wildman–Crippen LogP) is 1.03. The fourth-order valence-electron chi connectivity index (χ4n) is 1.46. The van der Waals surface area contributed by atoms with Crippen LogP contribution in [0, 0.1) is 6.92 Å². The van der Waals surface area contributed by atoms with E-state index in [0.717, 1.165) is 18.0 Å². The van der Waals surface area contributed by atoms with Crippen molar-refractivity contribution in [2.24, 2.45) is 4.99 Å². The summed E-state index contributed by atoms with van der Waals surface area (Å²) in [6, 6.07) is 0. The molecule has 0 radical (unpaired) electrons. The van der Waals surface area contributed by atoms with Gasteiger partial charge in [0.05, 0.1) is 6.54 Å². The first-order chi connectivity index (χ1) is 9.65. The molecule has 1 amide bonds. The summed E-state index contributed by atoms with van der Waals surface area (Å²) in [5.41, 5.74) is 0. The summed E-state index contributed by atoms with van der Waals surface area (Å²) in [5, 5.41) is 10.1. The van der Waals surface area contributed by atoms with Gasteiger partial charge in [-0.05, 0) is 20.3 Å². The van der Waals surface area contributed by atoms with E-state index in [-0.39, 0.29) is 12.5 Å². The first-order valence-electron chi connectivity index (χ1n) is 6.85. The molecular formula is C13H23N5OS. The largest absolute Gasteiger partial charge is 0.357 e. The standard InChI is InChI=1S/C13H23N5OS/c1-4-6-15-11(19)8-17-13(14-5-2)18-9-12-16-7-10(3)20-12/h7H,4-6,8-9H2,1-3H3,(H,15,19)(H2,14,17,18). The molecule has 6 nitrogen and oxygen atoms in total. The number of thiazole rings is 1. The monoisotopic (exact) mass is 297 g/mol. The molecule has 0 aliphatic carbocycles. The number of carbonyl (C=O) groups is 1. The molecule has 0 bridgehead atoms. The van der Waals surface area contributed by atoms with Gasteiger partial charge in [-0.25, -0.2) is 9.98 Å². The quantitative estimate of drug-likeness (QED) is 0.519. The third-order valence-corrected chi connectivity index (χ3v) is 3.29. The number of nitrogens with one attached hydrogen (secondary N) is 3. The zero-order chi connectivity index (χ0) is 14.8. The molecule has 1 aromatic heterocycles. The van der Waals surface area contributed by atoms with Gasteiger partial charge >= 0.3 is 0 Å². The molecule has 20 heavy (non-hydrogen) atoms. The molecule has 0 aromatic carbocycles. The average molecular weight is 297 g/mol. The number of hydrogen-bond donors (Lipinski definition) is 3. The van der Waals surface area contributed by atoms with Crippen molar-refractivity contribution < 1.29 is 4.79 Å². The van der Waals surface area contributed by atoms with Crippen LogP contribution in [0.2, 0.25) is 0 Å². The van der Waals surface area contributed by atoms with E-state index in [0.29, 0.717) is 19.0 Å². The lowest BCUT2D eigenvalue weighted by Crippen LogP contribution is -2.38. The van der Waals surface area contributed by atoms with Crippen molar-refractivity contribution in [3.8, 4) is 0 Å². The predicted molar refractivity (Wildman–Crippen MR) is 83.0 cm³/mol. The van der Waals surface area contributed by atoms with Crippen LogP contribution in [-0.2, 0) is 11.3 Å². The van der Waals surface area contributed by atoms with E-state index in [2.05, 4.69) is 25.9 Å². The maximum atomic E-state index is 11.5. The molecule has 0 aliphatic rings.